The zero-order valence-electron chi connectivity index (χ0n) is 15.3. The van der Waals surface area contributed by atoms with Crippen LogP contribution in [-0.4, -0.2) is 25.6 Å². The van der Waals surface area contributed by atoms with E-state index >= 15 is 0 Å². The topological polar surface area (TPSA) is 53.6 Å². The first-order valence-electron chi connectivity index (χ1n) is 8.91. The molecule has 1 aliphatic rings. The second-order valence-corrected chi connectivity index (χ2v) is 6.60. The van der Waals surface area contributed by atoms with Gasteiger partial charge in [0.2, 0.25) is 0 Å². The molecule has 1 aliphatic heterocycles. The van der Waals surface area contributed by atoms with E-state index in [2.05, 4.69) is 34.3 Å². The summed E-state index contributed by atoms with van der Waals surface area (Å²) in [7, 11) is 0. The van der Waals surface area contributed by atoms with Crippen molar-refractivity contribution in [2.24, 2.45) is 16.6 Å². The van der Waals surface area contributed by atoms with Crippen LogP contribution in [0, 0.1) is 17.6 Å². The molecule has 0 saturated carbocycles. The van der Waals surface area contributed by atoms with Crippen molar-refractivity contribution >= 4 is 41.3 Å². The van der Waals surface area contributed by atoms with Gasteiger partial charge in [0.1, 0.15) is 0 Å². The molecule has 0 aliphatic carbocycles. The largest absolute Gasteiger partial charge is 0.371 e. The molecule has 0 radical (unpaired) electrons. The minimum Gasteiger partial charge on any atom is -0.371 e. The maximum atomic E-state index is 13.4. The van der Waals surface area contributed by atoms with Gasteiger partial charge >= 0.3 is 0 Å². The fraction of sp³-hybridized carbons (Fsp3) is 0.350. The molecule has 1 heterocycles. The summed E-state index contributed by atoms with van der Waals surface area (Å²) in [6.45, 7) is 4.28. The van der Waals surface area contributed by atoms with Crippen LogP contribution < -0.4 is 16.0 Å². The molecule has 0 bridgehead atoms. The summed E-state index contributed by atoms with van der Waals surface area (Å²) in [6, 6.07) is 12.1. The molecular formula is C20H25F2IN4. The number of nitrogens with zero attached hydrogens (tertiary/aromatic N) is 2. The Morgan fingerprint density at radius 1 is 1.19 bits per heavy atom. The predicted molar refractivity (Wildman–Crippen MR) is 118 cm³/mol. The first-order chi connectivity index (χ1) is 12.5. The van der Waals surface area contributed by atoms with Crippen molar-refractivity contribution < 1.29 is 8.78 Å². The van der Waals surface area contributed by atoms with Crippen LogP contribution in [0.2, 0.25) is 0 Å². The lowest BCUT2D eigenvalue weighted by atomic mass is 10.1. The van der Waals surface area contributed by atoms with E-state index in [9.17, 15) is 8.78 Å². The van der Waals surface area contributed by atoms with Gasteiger partial charge in [0.25, 0.3) is 0 Å². The van der Waals surface area contributed by atoms with Gasteiger partial charge in [0.15, 0.2) is 17.6 Å². The Labute approximate surface area is 175 Å². The molecule has 0 aromatic heterocycles. The maximum Gasteiger partial charge on any atom is 0.193 e. The number of aliphatic imine (C=N–C) groups is 1. The normalized spacial score (nSPS) is 16.9. The Morgan fingerprint density at radius 3 is 2.59 bits per heavy atom. The molecule has 1 fully saturated rings. The van der Waals surface area contributed by atoms with Crippen molar-refractivity contribution in [3.05, 3.63) is 59.7 Å². The second-order valence-electron chi connectivity index (χ2n) is 6.60. The quantitative estimate of drug-likeness (QED) is 0.375. The molecule has 2 aromatic rings. The highest BCUT2D eigenvalue weighted by Gasteiger charge is 2.23. The lowest BCUT2D eigenvalue weighted by molar-refractivity contribution is 0.508. The summed E-state index contributed by atoms with van der Waals surface area (Å²) < 4.78 is 26.5. The monoisotopic (exact) mass is 486 g/mol. The van der Waals surface area contributed by atoms with Gasteiger partial charge in [-0.25, -0.2) is 8.78 Å². The molecular weight excluding hydrogens is 461 g/mol. The molecule has 27 heavy (non-hydrogen) atoms. The van der Waals surface area contributed by atoms with E-state index in [4.69, 9.17) is 5.73 Å². The number of nitrogens with two attached hydrogens (primary N) is 1. The van der Waals surface area contributed by atoms with Crippen LogP contribution in [0.3, 0.4) is 0 Å². The van der Waals surface area contributed by atoms with E-state index in [1.807, 2.05) is 12.1 Å². The van der Waals surface area contributed by atoms with E-state index in [1.165, 1.54) is 17.7 Å². The van der Waals surface area contributed by atoms with E-state index in [0.29, 0.717) is 24.1 Å². The number of anilines is 2. The fourth-order valence-electron chi connectivity index (χ4n) is 3.14. The van der Waals surface area contributed by atoms with Crippen LogP contribution in [0.5, 0.6) is 0 Å². The first kappa shape index (κ1) is 21.4. The smallest absolute Gasteiger partial charge is 0.193 e. The summed E-state index contributed by atoms with van der Waals surface area (Å²) in [5.74, 6) is -0.905. The van der Waals surface area contributed by atoms with Gasteiger partial charge in [-0.2, -0.15) is 0 Å². The maximum absolute atomic E-state index is 13.4. The van der Waals surface area contributed by atoms with Crippen LogP contribution in [-0.2, 0) is 6.42 Å². The van der Waals surface area contributed by atoms with Crippen molar-refractivity contribution in [2.45, 2.75) is 19.8 Å². The van der Waals surface area contributed by atoms with Crippen molar-refractivity contribution in [2.75, 3.05) is 29.9 Å². The van der Waals surface area contributed by atoms with Gasteiger partial charge in [-0.1, -0.05) is 19.1 Å². The average molecular weight is 486 g/mol. The zero-order chi connectivity index (χ0) is 18.5. The van der Waals surface area contributed by atoms with Gasteiger partial charge in [-0.3, -0.25) is 4.99 Å². The summed E-state index contributed by atoms with van der Waals surface area (Å²) in [6.07, 6.45) is 1.95. The van der Waals surface area contributed by atoms with E-state index in [1.54, 1.807) is 6.07 Å². The Balaban J connectivity index is 0.00000261. The number of benzene rings is 2. The lowest BCUT2D eigenvalue weighted by Gasteiger charge is -2.18. The standard InChI is InChI=1S/C20H24F2N4.HI/c1-2-14-3-5-16(6-4-14)25-20(23)24-12-15-9-10-26(13-15)17-7-8-18(21)19(22)11-17;/h3-8,11,15H,2,9-10,12-13H2,1H3,(H3,23,24,25);1H. The number of rotatable bonds is 5. The van der Waals surface area contributed by atoms with E-state index < -0.39 is 11.6 Å². The number of halogens is 3. The van der Waals surface area contributed by atoms with Crippen LogP contribution in [0.1, 0.15) is 18.9 Å². The fourth-order valence-corrected chi connectivity index (χ4v) is 3.14. The third kappa shape index (κ3) is 5.79. The van der Waals surface area contributed by atoms with Gasteiger partial charge in [-0.15, -0.1) is 24.0 Å². The number of nitrogens with one attached hydrogen (secondary N) is 1. The van der Waals surface area contributed by atoms with E-state index in [-0.39, 0.29) is 24.0 Å². The minimum atomic E-state index is -0.820. The molecule has 3 rings (SSSR count). The number of hydrogen-bond donors (Lipinski definition) is 2. The van der Waals surface area contributed by atoms with Crippen LogP contribution in [0.15, 0.2) is 47.5 Å². The lowest BCUT2D eigenvalue weighted by Crippen LogP contribution is -2.25. The Hall–Kier alpha value is -1.90. The van der Waals surface area contributed by atoms with Crippen LogP contribution in [0.4, 0.5) is 20.2 Å². The molecule has 1 unspecified atom stereocenters. The van der Waals surface area contributed by atoms with Crippen LogP contribution in [0.25, 0.3) is 0 Å². The highest BCUT2D eigenvalue weighted by atomic mass is 127. The number of aryl methyl sites for hydroxylation is 1. The van der Waals surface area contributed by atoms with Gasteiger partial charge in [0, 0.05) is 37.1 Å². The summed E-state index contributed by atoms with van der Waals surface area (Å²) in [4.78, 5) is 6.48. The minimum absolute atomic E-state index is 0. The third-order valence-electron chi connectivity index (χ3n) is 4.71. The molecule has 3 N–H and O–H groups in total. The first-order valence-corrected chi connectivity index (χ1v) is 8.91. The van der Waals surface area contributed by atoms with Gasteiger partial charge in [-0.05, 0) is 48.6 Å². The second kappa shape index (κ2) is 9.87. The van der Waals surface area contributed by atoms with Gasteiger partial charge in [0.05, 0.1) is 0 Å². The summed E-state index contributed by atoms with van der Waals surface area (Å²) in [5, 5.41) is 3.10. The molecule has 2 aromatic carbocycles. The van der Waals surface area contributed by atoms with Crippen molar-refractivity contribution in [1.29, 1.82) is 0 Å². The SMILES string of the molecule is CCc1ccc(NC(N)=NCC2CCN(c3ccc(F)c(F)c3)C2)cc1.I. The molecule has 7 heteroatoms. The highest BCUT2D eigenvalue weighted by molar-refractivity contribution is 14.0. The number of hydrogen-bond acceptors (Lipinski definition) is 2. The molecule has 1 saturated heterocycles. The summed E-state index contributed by atoms with van der Waals surface area (Å²) >= 11 is 0. The van der Waals surface area contributed by atoms with Crippen LogP contribution >= 0.6 is 24.0 Å². The van der Waals surface area contributed by atoms with E-state index in [0.717, 1.165) is 31.6 Å². The van der Waals surface area contributed by atoms with Gasteiger partial charge < -0.3 is 16.0 Å². The zero-order valence-corrected chi connectivity index (χ0v) is 17.6. The Morgan fingerprint density at radius 2 is 1.93 bits per heavy atom. The average Bonchev–Trinajstić information content (AvgIpc) is 3.12. The van der Waals surface area contributed by atoms with Crippen molar-refractivity contribution in [3.8, 4) is 0 Å². The molecule has 0 amide bonds. The Kier molecular flexibility index (Phi) is 7.82. The molecule has 0 spiro atoms. The third-order valence-corrected chi connectivity index (χ3v) is 4.71. The molecule has 146 valence electrons. The highest BCUT2D eigenvalue weighted by Crippen LogP contribution is 2.25. The molecule has 4 nitrogen and oxygen atoms in total. The number of guanidine groups is 1. The Bertz CT molecular complexity index is 780. The molecule has 1 atom stereocenters. The van der Waals surface area contributed by atoms with Crippen molar-refractivity contribution in [1.82, 2.24) is 0 Å². The predicted octanol–water partition coefficient (Wildman–Crippen LogP) is 4.40. The van der Waals surface area contributed by atoms with Crippen molar-refractivity contribution in [3.63, 3.8) is 0 Å². The summed E-state index contributed by atoms with van der Waals surface area (Å²) in [5.41, 5.74) is 8.86.